The Hall–Kier alpha value is -2.96. The van der Waals surface area contributed by atoms with Crippen molar-refractivity contribution in [2.75, 3.05) is 18.4 Å². The number of amides is 1. The molecular weight excluding hydrogens is 316 g/mol. The van der Waals surface area contributed by atoms with E-state index in [9.17, 15) is 4.79 Å². The van der Waals surface area contributed by atoms with Crippen molar-refractivity contribution < 1.29 is 4.79 Å². The number of rotatable bonds is 6. The van der Waals surface area contributed by atoms with Gasteiger partial charge in [0, 0.05) is 30.8 Å². The van der Waals surface area contributed by atoms with Gasteiger partial charge in [-0.05, 0) is 24.8 Å². The van der Waals surface area contributed by atoms with Crippen molar-refractivity contribution in [2.24, 2.45) is 5.92 Å². The van der Waals surface area contributed by atoms with Gasteiger partial charge in [0.05, 0.1) is 0 Å². The van der Waals surface area contributed by atoms with Gasteiger partial charge in [0.25, 0.3) is 5.78 Å². The summed E-state index contributed by atoms with van der Waals surface area (Å²) in [6.45, 7) is 3.10. The molecule has 0 spiro atoms. The Balaban J connectivity index is 1.27. The average molecular weight is 336 g/mol. The smallest absolute Gasteiger partial charge is 0.254 e. The fourth-order valence-corrected chi connectivity index (χ4v) is 3.12. The van der Waals surface area contributed by atoms with Crippen LogP contribution in [0.4, 0.5) is 5.82 Å². The molecule has 2 heterocycles. The summed E-state index contributed by atoms with van der Waals surface area (Å²) in [7, 11) is 0. The summed E-state index contributed by atoms with van der Waals surface area (Å²) >= 11 is 0. The molecule has 1 amide bonds. The number of hydrogen-bond acceptors (Lipinski definition) is 5. The highest BCUT2D eigenvalue weighted by atomic mass is 16.2. The number of anilines is 1. The molecule has 1 aliphatic rings. The highest BCUT2D eigenvalue weighted by Gasteiger charge is 2.43. The molecule has 1 aromatic carbocycles. The van der Waals surface area contributed by atoms with Gasteiger partial charge < -0.3 is 10.6 Å². The summed E-state index contributed by atoms with van der Waals surface area (Å²) in [6, 6.07) is 12.1. The monoisotopic (exact) mass is 336 g/mol. The van der Waals surface area contributed by atoms with Gasteiger partial charge in [-0.25, -0.2) is 4.98 Å². The molecule has 0 aliphatic heterocycles. The number of aromatic nitrogens is 4. The van der Waals surface area contributed by atoms with Crippen molar-refractivity contribution >= 4 is 17.5 Å². The van der Waals surface area contributed by atoms with E-state index in [0.717, 1.165) is 17.9 Å². The molecule has 0 saturated heterocycles. The molecule has 1 saturated carbocycles. The predicted molar refractivity (Wildman–Crippen MR) is 94.3 cm³/mol. The van der Waals surface area contributed by atoms with Gasteiger partial charge in [-0.3, -0.25) is 4.79 Å². The van der Waals surface area contributed by atoms with Crippen LogP contribution in [-0.2, 0) is 4.79 Å². The lowest BCUT2D eigenvalue weighted by Gasteiger charge is -2.09. The maximum atomic E-state index is 12.2. The van der Waals surface area contributed by atoms with Gasteiger partial charge in [-0.15, -0.1) is 0 Å². The Bertz CT molecular complexity index is 891. The van der Waals surface area contributed by atoms with E-state index in [0.29, 0.717) is 24.8 Å². The first-order valence-corrected chi connectivity index (χ1v) is 8.46. The summed E-state index contributed by atoms with van der Waals surface area (Å²) < 4.78 is 1.65. The van der Waals surface area contributed by atoms with Crippen molar-refractivity contribution in [2.45, 2.75) is 19.3 Å². The minimum absolute atomic E-state index is 0.104. The normalized spacial score (nSPS) is 18.9. The number of benzene rings is 1. The summed E-state index contributed by atoms with van der Waals surface area (Å²) in [5, 5.41) is 10.4. The van der Waals surface area contributed by atoms with Crippen LogP contribution in [0.2, 0.25) is 0 Å². The Morgan fingerprint density at radius 2 is 2.12 bits per heavy atom. The summed E-state index contributed by atoms with van der Waals surface area (Å²) in [6.07, 6.45) is 2.41. The second kappa shape index (κ2) is 6.51. The molecule has 4 rings (SSSR count). The molecule has 2 aromatic heterocycles. The van der Waals surface area contributed by atoms with Gasteiger partial charge >= 0.3 is 0 Å². The average Bonchev–Trinajstić information content (AvgIpc) is 3.29. The first-order chi connectivity index (χ1) is 12.2. The van der Waals surface area contributed by atoms with E-state index in [1.54, 1.807) is 4.52 Å². The topological polar surface area (TPSA) is 84.2 Å². The third kappa shape index (κ3) is 3.31. The Morgan fingerprint density at radius 1 is 1.28 bits per heavy atom. The van der Waals surface area contributed by atoms with Crippen LogP contribution < -0.4 is 10.6 Å². The van der Waals surface area contributed by atoms with Crippen molar-refractivity contribution in [3.05, 3.63) is 54.0 Å². The molecule has 0 unspecified atom stereocenters. The molecule has 128 valence electrons. The molecule has 1 aliphatic carbocycles. The summed E-state index contributed by atoms with van der Waals surface area (Å²) in [5.74, 6) is 1.99. The number of nitrogens with zero attached hydrogens (tertiary/aromatic N) is 4. The van der Waals surface area contributed by atoms with E-state index in [1.165, 1.54) is 11.9 Å². The molecule has 0 radical (unpaired) electrons. The molecule has 7 nitrogen and oxygen atoms in total. The molecule has 3 aromatic rings. The predicted octanol–water partition coefficient (Wildman–Crippen LogP) is 1.76. The number of hydrogen-bond donors (Lipinski definition) is 2. The molecule has 25 heavy (non-hydrogen) atoms. The van der Waals surface area contributed by atoms with Crippen LogP contribution in [-0.4, -0.2) is 38.6 Å². The lowest BCUT2D eigenvalue weighted by Crippen LogP contribution is -2.30. The molecular formula is C18H20N6O. The fourth-order valence-electron chi connectivity index (χ4n) is 3.12. The van der Waals surface area contributed by atoms with E-state index >= 15 is 0 Å². The first-order valence-electron chi connectivity index (χ1n) is 8.46. The maximum absolute atomic E-state index is 12.2. The zero-order valence-corrected chi connectivity index (χ0v) is 14.0. The third-order valence-corrected chi connectivity index (χ3v) is 4.47. The highest BCUT2D eigenvalue weighted by Crippen LogP contribution is 2.47. The second-order valence-corrected chi connectivity index (χ2v) is 6.33. The first kappa shape index (κ1) is 15.6. The SMILES string of the molecule is Cc1cc(NCCNC(=O)[C@H]2C[C@@H]2c2ccccc2)n2ncnc2n1. The molecule has 0 bridgehead atoms. The highest BCUT2D eigenvalue weighted by molar-refractivity contribution is 5.82. The van der Waals surface area contributed by atoms with Gasteiger partial charge in [0.1, 0.15) is 12.1 Å². The second-order valence-electron chi connectivity index (χ2n) is 6.33. The summed E-state index contributed by atoms with van der Waals surface area (Å²) in [5.41, 5.74) is 2.12. The van der Waals surface area contributed by atoms with Crippen LogP contribution in [0.15, 0.2) is 42.7 Å². The van der Waals surface area contributed by atoms with Crippen LogP contribution in [0.5, 0.6) is 0 Å². The number of carbonyl (C=O) groups is 1. The number of fused-ring (bicyclic) bond motifs is 1. The van der Waals surface area contributed by atoms with Crippen LogP contribution in [0.1, 0.15) is 23.6 Å². The lowest BCUT2D eigenvalue weighted by atomic mass is 10.1. The number of aryl methyl sites for hydroxylation is 1. The van der Waals surface area contributed by atoms with E-state index in [-0.39, 0.29) is 11.8 Å². The van der Waals surface area contributed by atoms with Crippen molar-refractivity contribution in [1.29, 1.82) is 0 Å². The van der Waals surface area contributed by atoms with E-state index in [2.05, 4.69) is 37.8 Å². The third-order valence-electron chi connectivity index (χ3n) is 4.47. The van der Waals surface area contributed by atoms with Gasteiger partial charge in [0.15, 0.2) is 0 Å². The van der Waals surface area contributed by atoms with Gasteiger partial charge in [0.2, 0.25) is 5.91 Å². The maximum Gasteiger partial charge on any atom is 0.254 e. The molecule has 2 N–H and O–H groups in total. The van der Waals surface area contributed by atoms with Crippen LogP contribution in [0.25, 0.3) is 5.78 Å². The lowest BCUT2D eigenvalue weighted by molar-refractivity contribution is -0.122. The standard InChI is InChI=1S/C18H20N6O/c1-12-9-16(24-18(23-12)21-11-22-24)19-7-8-20-17(25)15-10-14(15)13-5-3-2-4-6-13/h2-6,9,11,14-15,19H,7-8,10H2,1H3,(H,20,25)/t14-,15+/m1/s1. The number of carbonyl (C=O) groups excluding carboxylic acids is 1. The van der Waals surface area contributed by atoms with Crippen LogP contribution in [0, 0.1) is 12.8 Å². The fraction of sp³-hybridized carbons (Fsp3) is 0.333. The largest absolute Gasteiger partial charge is 0.368 e. The van der Waals surface area contributed by atoms with Crippen LogP contribution >= 0.6 is 0 Å². The van der Waals surface area contributed by atoms with E-state index in [1.807, 2.05) is 31.2 Å². The number of nitrogens with one attached hydrogen (secondary N) is 2. The van der Waals surface area contributed by atoms with E-state index in [4.69, 9.17) is 0 Å². The Kier molecular flexibility index (Phi) is 4.05. The quantitative estimate of drug-likeness (QED) is 0.670. The van der Waals surface area contributed by atoms with Crippen molar-refractivity contribution in [3.63, 3.8) is 0 Å². The zero-order valence-electron chi connectivity index (χ0n) is 14.0. The minimum Gasteiger partial charge on any atom is -0.368 e. The molecule has 1 fully saturated rings. The van der Waals surface area contributed by atoms with Crippen LogP contribution in [0.3, 0.4) is 0 Å². The Morgan fingerprint density at radius 3 is 2.96 bits per heavy atom. The van der Waals surface area contributed by atoms with E-state index < -0.39 is 0 Å². The van der Waals surface area contributed by atoms with Crippen molar-refractivity contribution in [1.82, 2.24) is 24.9 Å². The Labute approximate surface area is 145 Å². The van der Waals surface area contributed by atoms with Gasteiger partial charge in [-0.2, -0.15) is 14.6 Å². The summed E-state index contributed by atoms with van der Waals surface area (Å²) in [4.78, 5) is 20.6. The minimum atomic E-state index is 0.104. The zero-order chi connectivity index (χ0) is 17.2. The molecule has 7 heteroatoms. The van der Waals surface area contributed by atoms with Gasteiger partial charge in [-0.1, -0.05) is 30.3 Å². The van der Waals surface area contributed by atoms with Crippen molar-refractivity contribution in [3.8, 4) is 0 Å². The molecule has 2 atom stereocenters.